The summed E-state index contributed by atoms with van der Waals surface area (Å²) in [6.07, 6.45) is 0. The first kappa shape index (κ1) is 16.8. The van der Waals surface area contributed by atoms with Crippen molar-refractivity contribution in [3.63, 3.8) is 0 Å². The maximum Gasteiger partial charge on any atom is 0.261 e. The van der Waals surface area contributed by atoms with Crippen molar-refractivity contribution in [2.24, 2.45) is 0 Å². The molecule has 0 atom stereocenters. The van der Waals surface area contributed by atoms with E-state index in [0.717, 1.165) is 0 Å². The summed E-state index contributed by atoms with van der Waals surface area (Å²) < 4.78 is 32.5. The number of hydrogen-bond acceptors (Lipinski definition) is 4. The topological polar surface area (TPSA) is 84.5 Å². The van der Waals surface area contributed by atoms with Gasteiger partial charge < -0.3 is 10.1 Å². The lowest BCUT2D eigenvalue weighted by atomic mass is 10.2. The molecule has 0 bridgehead atoms. The first-order chi connectivity index (χ1) is 11.0. The van der Waals surface area contributed by atoms with E-state index in [1.807, 2.05) is 6.92 Å². The van der Waals surface area contributed by atoms with Gasteiger partial charge >= 0.3 is 0 Å². The molecular formula is C16H18N2O4S. The van der Waals surface area contributed by atoms with Gasteiger partial charge in [-0.15, -0.1) is 0 Å². The molecule has 0 fully saturated rings. The van der Waals surface area contributed by atoms with Gasteiger partial charge in [0.1, 0.15) is 5.75 Å². The maximum absolute atomic E-state index is 12.4. The van der Waals surface area contributed by atoms with Crippen LogP contribution >= 0.6 is 0 Å². The predicted octanol–water partition coefficient (Wildman–Crippen LogP) is 2.25. The molecule has 6 nitrogen and oxygen atoms in total. The molecule has 23 heavy (non-hydrogen) atoms. The zero-order chi connectivity index (χ0) is 16.9. The van der Waals surface area contributed by atoms with Crippen molar-refractivity contribution in [3.8, 4) is 5.75 Å². The fourth-order valence-electron chi connectivity index (χ4n) is 1.96. The highest BCUT2D eigenvalue weighted by Crippen LogP contribution is 2.20. The van der Waals surface area contributed by atoms with Gasteiger partial charge in [0.05, 0.1) is 11.5 Å². The van der Waals surface area contributed by atoms with E-state index in [0.29, 0.717) is 23.6 Å². The van der Waals surface area contributed by atoms with Gasteiger partial charge in [-0.2, -0.15) is 0 Å². The molecule has 0 spiro atoms. The Bertz CT molecular complexity index is 786. The molecule has 0 aliphatic heterocycles. The van der Waals surface area contributed by atoms with Crippen LogP contribution in [0.15, 0.2) is 53.4 Å². The molecule has 2 N–H and O–H groups in total. The molecule has 0 unspecified atom stereocenters. The first-order valence-electron chi connectivity index (χ1n) is 7.04. The Morgan fingerprint density at radius 1 is 1.13 bits per heavy atom. The summed E-state index contributed by atoms with van der Waals surface area (Å²) in [5.74, 6) is 0.320. The molecule has 0 radical (unpaired) electrons. The predicted molar refractivity (Wildman–Crippen MR) is 88.3 cm³/mol. The second kappa shape index (κ2) is 7.15. The molecular weight excluding hydrogens is 316 g/mol. The summed E-state index contributed by atoms with van der Waals surface area (Å²) >= 11 is 0. The lowest BCUT2D eigenvalue weighted by Crippen LogP contribution is -2.18. The van der Waals surface area contributed by atoms with Gasteiger partial charge in [-0.05, 0) is 49.4 Å². The molecule has 2 rings (SSSR count). The van der Waals surface area contributed by atoms with E-state index < -0.39 is 10.0 Å². The van der Waals surface area contributed by atoms with Crippen molar-refractivity contribution in [1.29, 1.82) is 0 Å². The number of nitrogens with one attached hydrogen (secondary N) is 2. The zero-order valence-corrected chi connectivity index (χ0v) is 13.7. The van der Waals surface area contributed by atoms with E-state index in [4.69, 9.17) is 4.74 Å². The van der Waals surface area contributed by atoms with Crippen LogP contribution in [-0.2, 0) is 10.0 Å². The second-order valence-corrected chi connectivity index (χ2v) is 6.35. The molecule has 0 saturated carbocycles. The SMILES string of the molecule is CCOc1ccc(S(=O)(=O)Nc2cccc(C(=O)NC)c2)cc1. The standard InChI is InChI=1S/C16H18N2O4S/c1-3-22-14-7-9-15(10-8-14)23(20,21)18-13-6-4-5-12(11-13)16(19)17-2/h4-11,18H,3H2,1-2H3,(H,17,19). The van der Waals surface area contributed by atoms with Crippen molar-refractivity contribution < 1.29 is 17.9 Å². The lowest BCUT2D eigenvalue weighted by molar-refractivity contribution is 0.0963. The van der Waals surface area contributed by atoms with Crippen LogP contribution in [0.3, 0.4) is 0 Å². The van der Waals surface area contributed by atoms with Gasteiger partial charge in [-0.1, -0.05) is 6.07 Å². The molecule has 0 aliphatic rings. The minimum absolute atomic E-state index is 0.117. The Balaban J connectivity index is 2.22. The number of anilines is 1. The smallest absolute Gasteiger partial charge is 0.261 e. The molecule has 0 aliphatic carbocycles. The van der Waals surface area contributed by atoms with E-state index in [2.05, 4.69) is 10.0 Å². The number of ether oxygens (including phenoxy) is 1. The van der Waals surface area contributed by atoms with E-state index in [1.54, 1.807) is 30.3 Å². The van der Waals surface area contributed by atoms with Gasteiger partial charge in [-0.3, -0.25) is 9.52 Å². The number of amides is 1. The minimum atomic E-state index is -3.73. The average Bonchev–Trinajstić information content (AvgIpc) is 2.55. The summed E-state index contributed by atoms with van der Waals surface area (Å²) in [6, 6.07) is 12.4. The maximum atomic E-state index is 12.4. The highest BCUT2D eigenvalue weighted by atomic mass is 32.2. The third kappa shape index (κ3) is 4.23. The Labute approximate surface area is 135 Å². The van der Waals surface area contributed by atoms with Crippen molar-refractivity contribution in [3.05, 3.63) is 54.1 Å². The van der Waals surface area contributed by atoms with E-state index in [-0.39, 0.29) is 10.8 Å². The normalized spacial score (nSPS) is 10.9. The summed E-state index contributed by atoms with van der Waals surface area (Å²) in [4.78, 5) is 11.7. The summed E-state index contributed by atoms with van der Waals surface area (Å²) in [5.41, 5.74) is 0.694. The monoisotopic (exact) mass is 334 g/mol. The van der Waals surface area contributed by atoms with Crippen LogP contribution in [0.4, 0.5) is 5.69 Å². The Morgan fingerprint density at radius 2 is 1.83 bits per heavy atom. The summed E-state index contributed by atoms with van der Waals surface area (Å²) in [6.45, 7) is 2.36. The van der Waals surface area contributed by atoms with Gasteiger partial charge in [0, 0.05) is 18.3 Å². The third-order valence-electron chi connectivity index (χ3n) is 3.05. The summed E-state index contributed by atoms with van der Waals surface area (Å²) in [7, 11) is -2.22. The van der Waals surface area contributed by atoms with Crippen LogP contribution in [-0.4, -0.2) is 28.0 Å². The number of sulfonamides is 1. The third-order valence-corrected chi connectivity index (χ3v) is 4.45. The van der Waals surface area contributed by atoms with Gasteiger partial charge in [-0.25, -0.2) is 8.42 Å². The van der Waals surface area contributed by atoms with Crippen molar-refractivity contribution in [2.75, 3.05) is 18.4 Å². The second-order valence-electron chi connectivity index (χ2n) is 4.67. The molecule has 0 aromatic heterocycles. The van der Waals surface area contributed by atoms with Crippen LogP contribution in [0, 0.1) is 0 Å². The Morgan fingerprint density at radius 3 is 2.43 bits per heavy atom. The molecule has 7 heteroatoms. The van der Waals surface area contributed by atoms with Gasteiger partial charge in [0.15, 0.2) is 0 Å². The largest absolute Gasteiger partial charge is 0.494 e. The molecule has 2 aromatic rings. The molecule has 1 amide bonds. The zero-order valence-electron chi connectivity index (χ0n) is 12.9. The fourth-order valence-corrected chi connectivity index (χ4v) is 3.01. The van der Waals surface area contributed by atoms with Crippen LogP contribution in [0.25, 0.3) is 0 Å². The van der Waals surface area contributed by atoms with Crippen molar-refractivity contribution in [2.45, 2.75) is 11.8 Å². The van der Waals surface area contributed by atoms with E-state index in [9.17, 15) is 13.2 Å². The average molecular weight is 334 g/mol. The van der Waals surface area contributed by atoms with E-state index in [1.165, 1.54) is 25.2 Å². The van der Waals surface area contributed by atoms with Crippen LogP contribution < -0.4 is 14.8 Å². The van der Waals surface area contributed by atoms with Crippen molar-refractivity contribution >= 4 is 21.6 Å². The highest BCUT2D eigenvalue weighted by Gasteiger charge is 2.15. The van der Waals surface area contributed by atoms with E-state index >= 15 is 0 Å². The Kier molecular flexibility index (Phi) is 5.23. The van der Waals surface area contributed by atoms with Crippen molar-refractivity contribution in [1.82, 2.24) is 5.32 Å². The van der Waals surface area contributed by atoms with Crippen LogP contribution in [0.5, 0.6) is 5.75 Å². The van der Waals surface area contributed by atoms with Crippen LogP contribution in [0.2, 0.25) is 0 Å². The van der Waals surface area contributed by atoms with Gasteiger partial charge in [0.25, 0.3) is 15.9 Å². The number of carbonyl (C=O) groups is 1. The minimum Gasteiger partial charge on any atom is -0.494 e. The lowest BCUT2D eigenvalue weighted by Gasteiger charge is -2.10. The number of hydrogen-bond donors (Lipinski definition) is 2. The molecule has 0 heterocycles. The van der Waals surface area contributed by atoms with Gasteiger partial charge in [0.2, 0.25) is 0 Å². The summed E-state index contributed by atoms with van der Waals surface area (Å²) in [5, 5.41) is 2.49. The van der Waals surface area contributed by atoms with Crippen LogP contribution in [0.1, 0.15) is 17.3 Å². The first-order valence-corrected chi connectivity index (χ1v) is 8.52. The Hall–Kier alpha value is -2.54. The number of benzene rings is 2. The number of rotatable bonds is 6. The quantitative estimate of drug-likeness (QED) is 0.848. The molecule has 122 valence electrons. The fraction of sp³-hybridized carbons (Fsp3) is 0.188. The highest BCUT2D eigenvalue weighted by molar-refractivity contribution is 7.92. The molecule has 0 saturated heterocycles. The molecule has 2 aromatic carbocycles. The number of carbonyl (C=O) groups excluding carboxylic acids is 1.